The van der Waals surface area contributed by atoms with Crippen LogP contribution in [0.2, 0.25) is 0 Å². The lowest BCUT2D eigenvalue weighted by molar-refractivity contribution is 0.390. The average Bonchev–Trinajstić information content (AvgIpc) is 2.84. The molecule has 1 fully saturated rings. The lowest BCUT2D eigenvalue weighted by atomic mass is 9.86. The highest BCUT2D eigenvalue weighted by atomic mass is 79.9. The van der Waals surface area contributed by atoms with Crippen LogP contribution in [-0.2, 0) is 0 Å². The number of halogens is 2. The Balaban J connectivity index is 2.31. The zero-order valence-electron chi connectivity index (χ0n) is 10.1. The molecule has 0 amide bonds. The highest BCUT2D eigenvalue weighted by molar-refractivity contribution is 9.09. The summed E-state index contributed by atoms with van der Waals surface area (Å²) in [5, 5.41) is 0.872. The summed E-state index contributed by atoms with van der Waals surface area (Å²) in [4.78, 5) is 0. The first kappa shape index (κ1) is 12.9. The standard InChI is InChI=1S/C14H18BrFO/c1-17-14-7-6-11(16)8-12(14)13(9-15)10-4-2-3-5-10/h6-8,10,13H,2-5,9H2,1H3. The Bertz CT molecular complexity index is 374. The fourth-order valence-corrected chi connectivity index (χ4v) is 3.70. The maximum absolute atomic E-state index is 13.4. The molecule has 0 spiro atoms. The van der Waals surface area contributed by atoms with Crippen LogP contribution in [-0.4, -0.2) is 12.4 Å². The second-order valence-corrected chi connectivity index (χ2v) is 5.34. The van der Waals surface area contributed by atoms with E-state index in [1.807, 2.05) is 0 Å². The van der Waals surface area contributed by atoms with Gasteiger partial charge in [-0.1, -0.05) is 28.8 Å². The Hall–Kier alpha value is -0.570. The first-order valence-corrected chi connectivity index (χ1v) is 7.27. The molecule has 1 atom stereocenters. The summed E-state index contributed by atoms with van der Waals surface area (Å²) < 4.78 is 18.8. The van der Waals surface area contributed by atoms with Crippen molar-refractivity contribution in [1.82, 2.24) is 0 Å². The van der Waals surface area contributed by atoms with E-state index in [-0.39, 0.29) is 5.82 Å². The van der Waals surface area contributed by atoms with Gasteiger partial charge in [0, 0.05) is 16.8 Å². The molecular formula is C14H18BrFO. The largest absolute Gasteiger partial charge is 0.496 e. The van der Waals surface area contributed by atoms with Crippen molar-refractivity contribution in [1.29, 1.82) is 0 Å². The molecule has 1 aromatic carbocycles. The number of benzene rings is 1. The average molecular weight is 301 g/mol. The summed E-state index contributed by atoms with van der Waals surface area (Å²) in [6.07, 6.45) is 5.09. The summed E-state index contributed by atoms with van der Waals surface area (Å²) in [5.41, 5.74) is 1.01. The molecule has 0 saturated heterocycles. The van der Waals surface area contributed by atoms with Gasteiger partial charge in [0.2, 0.25) is 0 Å². The molecule has 0 heterocycles. The van der Waals surface area contributed by atoms with Crippen molar-refractivity contribution >= 4 is 15.9 Å². The van der Waals surface area contributed by atoms with Gasteiger partial charge in [0.05, 0.1) is 7.11 Å². The molecule has 0 bridgehead atoms. The van der Waals surface area contributed by atoms with Crippen molar-refractivity contribution in [2.45, 2.75) is 31.6 Å². The van der Waals surface area contributed by atoms with E-state index < -0.39 is 0 Å². The van der Waals surface area contributed by atoms with Crippen LogP contribution in [0.15, 0.2) is 18.2 Å². The van der Waals surface area contributed by atoms with Crippen molar-refractivity contribution in [2.24, 2.45) is 5.92 Å². The van der Waals surface area contributed by atoms with Gasteiger partial charge in [0.1, 0.15) is 11.6 Å². The molecule has 1 aliphatic carbocycles. The van der Waals surface area contributed by atoms with E-state index in [1.165, 1.54) is 31.7 Å². The molecule has 0 aliphatic heterocycles. The molecule has 3 heteroatoms. The number of hydrogen-bond donors (Lipinski definition) is 0. The molecular weight excluding hydrogens is 283 g/mol. The van der Waals surface area contributed by atoms with Crippen LogP contribution in [0.1, 0.15) is 37.2 Å². The highest BCUT2D eigenvalue weighted by Gasteiger charge is 2.27. The SMILES string of the molecule is COc1ccc(F)cc1C(CBr)C1CCCC1. The van der Waals surface area contributed by atoms with Crippen molar-refractivity contribution in [3.05, 3.63) is 29.6 Å². The quantitative estimate of drug-likeness (QED) is 0.744. The van der Waals surface area contributed by atoms with Crippen LogP contribution >= 0.6 is 15.9 Å². The van der Waals surface area contributed by atoms with Crippen molar-refractivity contribution in [3.8, 4) is 5.75 Å². The fourth-order valence-electron chi connectivity index (χ4n) is 2.82. The summed E-state index contributed by atoms with van der Waals surface area (Å²) in [5.74, 6) is 1.65. The third-order valence-electron chi connectivity index (χ3n) is 3.73. The minimum atomic E-state index is -0.176. The molecule has 94 valence electrons. The minimum Gasteiger partial charge on any atom is -0.496 e. The molecule has 0 N–H and O–H groups in total. The monoisotopic (exact) mass is 300 g/mol. The Morgan fingerprint density at radius 1 is 1.41 bits per heavy atom. The van der Waals surface area contributed by atoms with Crippen LogP contribution in [0.3, 0.4) is 0 Å². The lowest BCUT2D eigenvalue weighted by Crippen LogP contribution is -2.12. The number of hydrogen-bond acceptors (Lipinski definition) is 1. The second kappa shape index (κ2) is 5.85. The molecule has 1 saturated carbocycles. The smallest absolute Gasteiger partial charge is 0.123 e. The van der Waals surface area contributed by atoms with Gasteiger partial charge in [-0.15, -0.1) is 0 Å². The molecule has 2 rings (SSSR count). The van der Waals surface area contributed by atoms with Crippen LogP contribution in [0.4, 0.5) is 4.39 Å². The van der Waals surface area contributed by atoms with Crippen LogP contribution < -0.4 is 4.74 Å². The predicted molar refractivity (Wildman–Crippen MR) is 71.4 cm³/mol. The van der Waals surface area contributed by atoms with E-state index in [9.17, 15) is 4.39 Å². The van der Waals surface area contributed by atoms with Gasteiger partial charge in [-0.25, -0.2) is 4.39 Å². The number of rotatable bonds is 4. The summed E-state index contributed by atoms with van der Waals surface area (Å²) >= 11 is 3.57. The van der Waals surface area contributed by atoms with E-state index in [1.54, 1.807) is 19.2 Å². The minimum absolute atomic E-state index is 0.176. The number of alkyl halides is 1. The topological polar surface area (TPSA) is 9.23 Å². The maximum Gasteiger partial charge on any atom is 0.123 e. The van der Waals surface area contributed by atoms with Gasteiger partial charge in [0.25, 0.3) is 0 Å². The third kappa shape index (κ3) is 2.82. The van der Waals surface area contributed by atoms with Gasteiger partial charge in [-0.05, 0) is 37.0 Å². The molecule has 0 radical (unpaired) electrons. The van der Waals surface area contributed by atoms with E-state index >= 15 is 0 Å². The molecule has 1 unspecified atom stereocenters. The maximum atomic E-state index is 13.4. The first-order valence-electron chi connectivity index (χ1n) is 6.15. The fraction of sp³-hybridized carbons (Fsp3) is 0.571. The number of methoxy groups -OCH3 is 1. The van der Waals surface area contributed by atoms with E-state index in [0.29, 0.717) is 11.8 Å². The normalized spacial score (nSPS) is 18.3. The van der Waals surface area contributed by atoms with Crippen molar-refractivity contribution in [3.63, 3.8) is 0 Å². The van der Waals surface area contributed by atoms with Crippen LogP contribution in [0, 0.1) is 11.7 Å². The van der Waals surface area contributed by atoms with Gasteiger partial charge >= 0.3 is 0 Å². The second-order valence-electron chi connectivity index (χ2n) is 4.69. The highest BCUT2D eigenvalue weighted by Crippen LogP contribution is 2.41. The molecule has 17 heavy (non-hydrogen) atoms. The van der Waals surface area contributed by atoms with E-state index in [0.717, 1.165) is 16.6 Å². The Morgan fingerprint density at radius 3 is 2.71 bits per heavy atom. The molecule has 1 nitrogen and oxygen atoms in total. The van der Waals surface area contributed by atoms with Crippen molar-refractivity contribution < 1.29 is 9.13 Å². The van der Waals surface area contributed by atoms with Gasteiger partial charge in [-0.3, -0.25) is 0 Å². The summed E-state index contributed by atoms with van der Waals surface area (Å²) in [7, 11) is 1.65. The Labute approximate surface area is 110 Å². The van der Waals surface area contributed by atoms with Gasteiger partial charge in [-0.2, -0.15) is 0 Å². The summed E-state index contributed by atoms with van der Waals surface area (Å²) in [6, 6.07) is 4.82. The first-order chi connectivity index (χ1) is 8.26. The van der Waals surface area contributed by atoms with Gasteiger partial charge in [0.15, 0.2) is 0 Å². The third-order valence-corrected chi connectivity index (χ3v) is 4.42. The Kier molecular flexibility index (Phi) is 4.43. The predicted octanol–water partition coefficient (Wildman–Crippen LogP) is 4.50. The lowest BCUT2D eigenvalue weighted by Gasteiger charge is -2.23. The van der Waals surface area contributed by atoms with Crippen LogP contribution in [0.25, 0.3) is 0 Å². The van der Waals surface area contributed by atoms with E-state index in [2.05, 4.69) is 15.9 Å². The number of ether oxygens (including phenoxy) is 1. The molecule has 1 aromatic rings. The van der Waals surface area contributed by atoms with Crippen molar-refractivity contribution in [2.75, 3.05) is 12.4 Å². The molecule has 0 aromatic heterocycles. The molecule has 1 aliphatic rings. The van der Waals surface area contributed by atoms with Gasteiger partial charge < -0.3 is 4.74 Å². The Morgan fingerprint density at radius 2 is 2.12 bits per heavy atom. The summed E-state index contributed by atoms with van der Waals surface area (Å²) in [6.45, 7) is 0. The zero-order chi connectivity index (χ0) is 12.3. The van der Waals surface area contributed by atoms with E-state index in [4.69, 9.17) is 4.74 Å². The van der Waals surface area contributed by atoms with Crippen LogP contribution in [0.5, 0.6) is 5.75 Å². The zero-order valence-corrected chi connectivity index (χ0v) is 11.7.